The first kappa shape index (κ1) is 19.1. The van der Waals surface area contributed by atoms with E-state index in [1.165, 1.54) is 7.11 Å². The second-order valence-electron chi connectivity index (χ2n) is 7.08. The second-order valence-corrected chi connectivity index (χ2v) is 7.08. The lowest BCUT2D eigenvalue weighted by Crippen LogP contribution is -2.42. The van der Waals surface area contributed by atoms with Gasteiger partial charge in [-0.15, -0.1) is 0 Å². The van der Waals surface area contributed by atoms with E-state index < -0.39 is 11.9 Å². The van der Waals surface area contributed by atoms with Crippen molar-refractivity contribution in [3.8, 4) is 6.07 Å². The molecular weight excluding hydrogens is 342 g/mol. The number of likely N-dealkylation sites (tertiary alicyclic amines) is 1. The summed E-state index contributed by atoms with van der Waals surface area (Å²) in [6, 6.07) is 10.2. The summed E-state index contributed by atoms with van der Waals surface area (Å²) < 4.78 is 4.79. The lowest BCUT2D eigenvalue weighted by Gasteiger charge is -2.35. The Hall–Kier alpha value is -2.72. The number of hydrogen-bond acceptors (Lipinski definition) is 7. The Kier molecular flexibility index (Phi) is 5.87. The lowest BCUT2D eigenvalue weighted by atomic mass is 10.0. The number of carbonyl (C=O) groups is 1. The van der Waals surface area contributed by atoms with Crippen molar-refractivity contribution in [3.63, 3.8) is 0 Å². The van der Waals surface area contributed by atoms with Gasteiger partial charge in [-0.3, -0.25) is 4.79 Å². The van der Waals surface area contributed by atoms with Crippen molar-refractivity contribution in [2.75, 3.05) is 25.5 Å². The van der Waals surface area contributed by atoms with Gasteiger partial charge in [-0.1, -0.05) is 12.1 Å². The molecule has 142 valence electrons. The summed E-state index contributed by atoms with van der Waals surface area (Å²) in [5.74, 6) is -1.24. The van der Waals surface area contributed by atoms with E-state index in [4.69, 9.17) is 4.74 Å². The van der Waals surface area contributed by atoms with Gasteiger partial charge >= 0.3 is 5.97 Å². The molecule has 1 aliphatic rings. The van der Waals surface area contributed by atoms with Crippen LogP contribution in [0, 0.1) is 11.3 Å². The van der Waals surface area contributed by atoms with E-state index in [0.717, 1.165) is 31.4 Å². The number of fused-ring (bicyclic) bond motifs is 1. The number of piperidine rings is 1. The quantitative estimate of drug-likeness (QED) is 0.812. The average molecular weight is 367 g/mol. The normalized spacial score (nSPS) is 16.9. The Morgan fingerprint density at radius 1 is 1.26 bits per heavy atom. The molecule has 0 bridgehead atoms. The van der Waals surface area contributed by atoms with Gasteiger partial charge in [0, 0.05) is 25.2 Å². The molecule has 1 aromatic heterocycles. The molecule has 0 unspecified atom stereocenters. The number of esters is 1. The number of para-hydroxylation sites is 2. The molecular formula is C20H25N5O2. The summed E-state index contributed by atoms with van der Waals surface area (Å²) in [7, 11) is 1.27. The van der Waals surface area contributed by atoms with Gasteiger partial charge in [0.25, 0.3) is 0 Å². The van der Waals surface area contributed by atoms with E-state index >= 15 is 0 Å². The first-order chi connectivity index (χ1) is 13.0. The molecule has 1 N–H and O–H groups in total. The molecule has 1 fully saturated rings. The highest BCUT2D eigenvalue weighted by Crippen LogP contribution is 2.27. The van der Waals surface area contributed by atoms with Crippen LogP contribution in [0.4, 0.5) is 5.82 Å². The maximum atomic E-state index is 12.1. The lowest BCUT2D eigenvalue weighted by molar-refractivity contribution is -0.141. The number of ether oxygens (including phenoxy) is 1. The van der Waals surface area contributed by atoms with Crippen LogP contribution in [0.5, 0.6) is 0 Å². The summed E-state index contributed by atoms with van der Waals surface area (Å²) in [5, 5.41) is 13.0. The molecule has 2 heterocycles. The number of aromatic nitrogens is 2. The van der Waals surface area contributed by atoms with E-state index in [-0.39, 0.29) is 6.04 Å². The standard InChI is InChI=1S/C20H25N5O2/c1-13(2)25-10-8-14(9-11-25)22-19-18(15(12-21)20(26)27-3)23-16-6-4-5-7-17(16)24-19/h4-7,13-15H,8-11H2,1-3H3,(H,22,24)/t15-/m1/s1. The average Bonchev–Trinajstić information content (AvgIpc) is 2.69. The van der Waals surface area contributed by atoms with Gasteiger partial charge in [0.2, 0.25) is 0 Å². The van der Waals surface area contributed by atoms with Gasteiger partial charge in [-0.05, 0) is 38.8 Å². The van der Waals surface area contributed by atoms with Gasteiger partial charge < -0.3 is 15.0 Å². The molecule has 27 heavy (non-hydrogen) atoms. The zero-order valence-corrected chi connectivity index (χ0v) is 16.0. The van der Waals surface area contributed by atoms with Crippen LogP contribution in [0.1, 0.15) is 38.3 Å². The molecule has 1 saturated heterocycles. The largest absolute Gasteiger partial charge is 0.468 e. The van der Waals surface area contributed by atoms with Crippen LogP contribution in [0.3, 0.4) is 0 Å². The molecule has 2 aromatic rings. The first-order valence-electron chi connectivity index (χ1n) is 9.28. The molecule has 0 aliphatic carbocycles. The highest BCUT2D eigenvalue weighted by molar-refractivity contribution is 5.84. The summed E-state index contributed by atoms with van der Waals surface area (Å²) in [4.78, 5) is 23.8. The fraction of sp³-hybridized carbons (Fsp3) is 0.500. The van der Waals surface area contributed by atoms with Gasteiger partial charge in [0.05, 0.1) is 24.2 Å². The molecule has 0 amide bonds. The topological polar surface area (TPSA) is 91.1 Å². The second kappa shape index (κ2) is 8.31. The zero-order valence-electron chi connectivity index (χ0n) is 16.0. The number of nitriles is 1. The van der Waals surface area contributed by atoms with Gasteiger partial charge in [0.1, 0.15) is 5.69 Å². The smallest absolute Gasteiger partial charge is 0.329 e. The van der Waals surface area contributed by atoms with Crippen molar-refractivity contribution in [2.24, 2.45) is 0 Å². The summed E-state index contributed by atoms with van der Waals surface area (Å²) in [6.45, 7) is 6.41. The van der Waals surface area contributed by atoms with Crippen molar-refractivity contribution in [1.29, 1.82) is 5.26 Å². The van der Waals surface area contributed by atoms with E-state index in [0.29, 0.717) is 23.1 Å². The van der Waals surface area contributed by atoms with Crippen LogP contribution in [-0.4, -0.2) is 53.1 Å². The zero-order chi connectivity index (χ0) is 19.4. The monoisotopic (exact) mass is 367 g/mol. The van der Waals surface area contributed by atoms with E-state index in [1.807, 2.05) is 30.3 Å². The van der Waals surface area contributed by atoms with Gasteiger partial charge in [0.15, 0.2) is 11.7 Å². The van der Waals surface area contributed by atoms with Gasteiger partial charge in [-0.25, -0.2) is 9.97 Å². The maximum Gasteiger partial charge on any atom is 0.329 e. The Morgan fingerprint density at radius 3 is 2.44 bits per heavy atom. The predicted molar refractivity (Wildman–Crippen MR) is 103 cm³/mol. The Balaban J connectivity index is 1.92. The van der Waals surface area contributed by atoms with Crippen molar-refractivity contribution in [2.45, 2.75) is 44.7 Å². The third kappa shape index (κ3) is 4.17. The molecule has 0 saturated carbocycles. The number of anilines is 1. The molecule has 0 spiro atoms. The minimum Gasteiger partial charge on any atom is -0.468 e. The number of hydrogen-bond donors (Lipinski definition) is 1. The van der Waals surface area contributed by atoms with Crippen molar-refractivity contribution in [3.05, 3.63) is 30.0 Å². The number of rotatable bonds is 5. The minimum atomic E-state index is -1.11. The molecule has 7 heteroatoms. The van der Waals surface area contributed by atoms with Crippen LogP contribution in [0.15, 0.2) is 24.3 Å². The number of nitrogens with zero attached hydrogens (tertiary/aromatic N) is 4. The molecule has 7 nitrogen and oxygen atoms in total. The molecule has 0 radical (unpaired) electrons. The van der Waals surface area contributed by atoms with E-state index in [1.54, 1.807) is 0 Å². The molecule has 3 rings (SSSR count). The maximum absolute atomic E-state index is 12.1. The SMILES string of the molecule is COC(=O)[C@H](C#N)c1nc2ccccc2nc1NC1CCN(C(C)C)CC1. The summed E-state index contributed by atoms with van der Waals surface area (Å²) in [5.41, 5.74) is 1.70. The number of nitrogens with one attached hydrogen (secondary N) is 1. The Morgan fingerprint density at radius 2 is 1.89 bits per heavy atom. The highest BCUT2D eigenvalue weighted by atomic mass is 16.5. The third-order valence-electron chi connectivity index (χ3n) is 5.04. The number of benzene rings is 1. The number of carbonyl (C=O) groups excluding carboxylic acids is 1. The summed E-state index contributed by atoms with van der Waals surface area (Å²) >= 11 is 0. The minimum absolute atomic E-state index is 0.228. The van der Waals surface area contributed by atoms with E-state index in [2.05, 4.69) is 34.0 Å². The fourth-order valence-electron chi connectivity index (χ4n) is 3.42. The highest BCUT2D eigenvalue weighted by Gasteiger charge is 2.29. The van der Waals surface area contributed by atoms with Crippen molar-refractivity contribution >= 4 is 22.8 Å². The van der Waals surface area contributed by atoms with Crippen molar-refractivity contribution < 1.29 is 9.53 Å². The first-order valence-corrected chi connectivity index (χ1v) is 9.28. The summed E-state index contributed by atoms with van der Waals surface area (Å²) in [6.07, 6.45) is 1.95. The van der Waals surface area contributed by atoms with Crippen molar-refractivity contribution in [1.82, 2.24) is 14.9 Å². The molecule has 1 atom stereocenters. The van der Waals surface area contributed by atoms with Crippen LogP contribution in [-0.2, 0) is 9.53 Å². The predicted octanol–water partition coefficient (Wildman–Crippen LogP) is 2.69. The number of methoxy groups -OCH3 is 1. The Labute approximate surface area is 159 Å². The van der Waals surface area contributed by atoms with Crippen LogP contribution >= 0.6 is 0 Å². The molecule has 1 aromatic carbocycles. The van der Waals surface area contributed by atoms with Gasteiger partial charge in [-0.2, -0.15) is 5.26 Å². The van der Waals surface area contributed by atoms with E-state index in [9.17, 15) is 10.1 Å². The van der Waals surface area contributed by atoms with Crippen LogP contribution < -0.4 is 5.32 Å². The fourth-order valence-corrected chi connectivity index (χ4v) is 3.42. The van der Waals surface area contributed by atoms with Crippen LogP contribution in [0.2, 0.25) is 0 Å². The molecule has 1 aliphatic heterocycles. The van der Waals surface area contributed by atoms with Crippen LogP contribution in [0.25, 0.3) is 11.0 Å². The third-order valence-corrected chi connectivity index (χ3v) is 5.04. The Bertz CT molecular complexity index is 853.